The normalized spacial score (nSPS) is 10.7. The van der Waals surface area contributed by atoms with Crippen LogP contribution in [0.5, 0.6) is 0 Å². The second kappa shape index (κ2) is 7.99. The molecule has 28 heavy (non-hydrogen) atoms. The molecule has 0 bridgehead atoms. The highest BCUT2D eigenvalue weighted by atomic mass is 19.1. The molecule has 0 fully saturated rings. The van der Waals surface area contributed by atoms with Gasteiger partial charge in [0.2, 0.25) is 0 Å². The number of nitrogens with zero attached hydrogens (tertiary/aromatic N) is 2. The van der Waals surface area contributed by atoms with Gasteiger partial charge in [-0.1, -0.05) is 24.3 Å². The minimum Gasteiger partial charge on any atom is -0.350 e. The van der Waals surface area contributed by atoms with E-state index in [2.05, 4.69) is 15.7 Å². The molecule has 2 amide bonds. The molecule has 3 rings (SSSR count). The topological polar surface area (TPSA) is 93.1 Å². The SMILES string of the molecule is Cc1ccc(C(=O)NCCNC(=O)c2nn(C)c(=O)c3ccccc23)cc1F. The molecule has 3 aromatic rings. The molecule has 0 saturated heterocycles. The number of nitrogens with one attached hydrogen (secondary N) is 2. The molecule has 1 aromatic heterocycles. The van der Waals surface area contributed by atoms with Crippen LogP contribution in [0.25, 0.3) is 10.8 Å². The first-order valence-electron chi connectivity index (χ1n) is 8.67. The first kappa shape index (κ1) is 19.2. The van der Waals surface area contributed by atoms with E-state index in [0.29, 0.717) is 16.3 Å². The Balaban J connectivity index is 1.63. The summed E-state index contributed by atoms with van der Waals surface area (Å²) < 4.78 is 14.7. The molecule has 2 N–H and O–H groups in total. The van der Waals surface area contributed by atoms with Crippen LogP contribution in [-0.2, 0) is 7.05 Å². The van der Waals surface area contributed by atoms with Crippen molar-refractivity contribution >= 4 is 22.6 Å². The van der Waals surface area contributed by atoms with Gasteiger partial charge in [-0.25, -0.2) is 9.07 Å². The van der Waals surface area contributed by atoms with Crippen LogP contribution in [0.2, 0.25) is 0 Å². The largest absolute Gasteiger partial charge is 0.350 e. The fraction of sp³-hybridized carbons (Fsp3) is 0.200. The van der Waals surface area contributed by atoms with Crippen molar-refractivity contribution in [3.63, 3.8) is 0 Å². The van der Waals surface area contributed by atoms with Gasteiger partial charge in [-0.3, -0.25) is 14.4 Å². The maximum Gasteiger partial charge on any atom is 0.274 e. The molecule has 0 atom stereocenters. The molecule has 144 valence electrons. The number of amides is 2. The van der Waals surface area contributed by atoms with E-state index >= 15 is 0 Å². The Hall–Kier alpha value is -3.55. The molecule has 8 heteroatoms. The number of benzene rings is 2. The van der Waals surface area contributed by atoms with Crippen LogP contribution in [0, 0.1) is 12.7 Å². The molecular formula is C20H19FN4O3. The average molecular weight is 382 g/mol. The molecular weight excluding hydrogens is 363 g/mol. The van der Waals surface area contributed by atoms with Crippen LogP contribution < -0.4 is 16.2 Å². The van der Waals surface area contributed by atoms with Gasteiger partial charge >= 0.3 is 0 Å². The number of carbonyl (C=O) groups excluding carboxylic acids is 2. The van der Waals surface area contributed by atoms with Crippen LogP contribution in [0.3, 0.4) is 0 Å². The summed E-state index contributed by atoms with van der Waals surface area (Å²) in [6.07, 6.45) is 0. The number of rotatable bonds is 5. The minimum absolute atomic E-state index is 0.129. The van der Waals surface area contributed by atoms with Gasteiger partial charge in [0.25, 0.3) is 17.4 Å². The zero-order chi connectivity index (χ0) is 20.3. The third-order valence-electron chi connectivity index (χ3n) is 4.30. The molecule has 0 spiro atoms. The van der Waals surface area contributed by atoms with Gasteiger partial charge in [-0.05, 0) is 30.7 Å². The third-order valence-corrected chi connectivity index (χ3v) is 4.30. The number of fused-ring (bicyclic) bond motifs is 1. The van der Waals surface area contributed by atoms with Crippen LogP contribution in [-0.4, -0.2) is 34.7 Å². The number of aromatic nitrogens is 2. The van der Waals surface area contributed by atoms with Crippen molar-refractivity contribution in [3.8, 4) is 0 Å². The number of halogens is 1. The van der Waals surface area contributed by atoms with Crippen LogP contribution >= 0.6 is 0 Å². The van der Waals surface area contributed by atoms with Gasteiger partial charge in [-0.15, -0.1) is 0 Å². The van der Waals surface area contributed by atoms with Gasteiger partial charge in [0.05, 0.1) is 5.39 Å². The van der Waals surface area contributed by atoms with E-state index in [1.807, 2.05) is 0 Å². The molecule has 7 nitrogen and oxygen atoms in total. The lowest BCUT2D eigenvalue weighted by Gasteiger charge is -2.10. The second-order valence-electron chi connectivity index (χ2n) is 6.30. The highest BCUT2D eigenvalue weighted by molar-refractivity contribution is 6.04. The van der Waals surface area contributed by atoms with Crippen molar-refractivity contribution in [2.24, 2.45) is 7.05 Å². The highest BCUT2D eigenvalue weighted by Gasteiger charge is 2.15. The summed E-state index contributed by atoms with van der Waals surface area (Å²) in [5.74, 6) is -1.34. The third kappa shape index (κ3) is 3.90. The van der Waals surface area contributed by atoms with E-state index in [1.54, 1.807) is 31.2 Å². The quantitative estimate of drug-likeness (QED) is 0.655. The number of hydrogen-bond donors (Lipinski definition) is 2. The number of hydrogen-bond acceptors (Lipinski definition) is 4. The van der Waals surface area contributed by atoms with Crippen molar-refractivity contribution in [2.75, 3.05) is 13.1 Å². The fourth-order valence-electron chi connectivity index (χ4n) is 2.74. The van der Waals surface area contributed by atoms with Gasteiger partial charge in [0.1, 0.15) is 5.82 Å². The molecule has 0 aliphatic carbocycles. The molecule has 0 unspecified atom stereocenters. The lowest BCUT2D eigenvalue weighted by Crippen LogP contribution is -2.36. The van der Waals surface area contributed by atoms with Gasteiger partial charge in [0.15, 0.2) is 5.69 Å². The molecule has 2 aromatic carbocycles. The summed E-state index contributed by atoms with van der Waals surface area (Å²) in [5, 5.41) is 10.2. The summed E-state index contributed by atoms with van der Waals surface area (Å²) >= 11 is 0. The van der Waals surface area contributed by atoms with Crippen LogP contribution in [0.4, 0.5) is 4.39 Å². The molecule has 0 aliphatic heterocycles. The summed E-state index contributed by atoms with van der Waals surface area (Å²) in [7, 11) is 1.48. The summed E-state index contributed by atoms with van der Waals surface area (Å²) in [5.41, 5.74) is 0.510. The van der Waals surface area contributed by atoms with E-state index in [0.717, 1.165) is 4.68 Å². The van der Waals surface area contributed by atoms with E-state index in [9.17, 15) is 18.8 Å². The van der Waals surface area contributed by atoms with Gasteiger partial charge < -0.3 is 10.6 Å². The van der Waals surface area contributed by atoms with Crippen molar-refractivity contribution in [1.82, 2.24) is 20.4 Å². The Morgan fingerprint density at radius 3 is 2.36 bits per heavy atom. The average Bonchev–Trinajstić information content (AvgIpc) is 2.69. The number of aryl methyl sites for hydroxylation is 2. The lowest BCUT2D eigenvalue weighted by molar-refractivity contribution is 0.0925. The summed E-state index contributed by atoms with van der Waals surface area (Å²) in [6, 6.07) is 11.0. The summed E-state index contributed by atoms with van der Waals surface area (Å²) in [4.78, 5) is 36.6. The van der Waals surface area contributed by atoms with E-state index in [1.165, 1.54) is 25.2 Å². The maximum absolute atomic E-state index is 13.5. The Morgan fingerprint density at radius 1 is 1.04 bits per heavy atom. The van der Waals surface area contributed by atoms with Crippen molar-refractivity contribution in [1.29, 1.82) is 0 Å². The maximum atomic E-state index is 13.5. The molecule has 0 saturated carbocycles. The van der Waals surface area contributed by atoms with Crippen molar-refractivity contribution in [3.05, 3.63) is 75.5 Å². The molecule has 0 aliphatic rings. The standard InChI is InChI=1S/C20H19FN4O3/c1-12-7-8-13(11-16(12)21)18(26)22-9-10-23-19(27)17-14-5-3-4-6-15(14)20(28)25(2)24-17/h3-8,11H,9-10H2,1-2H3,(H,22,26)(H,23,27). The van der Waals surface area contributed by atoms with Crippen molar-refractivity contribution in [2.45, 2.75) is 6.92 Å². The molecule has 1 heterocycles. The Bertz CT molecular complexity index is 1120. The first-order valence-corrected chi connectivity index (χ1v) is 8.67. The zero-order valence-electron chi connectivity index (χ0n) is 15.5. The van der Waals surface area contributed by atoms with Gasteiger partial charge in [0, 0.05) is 31.1 Å². The van der Waals surface area contributed by atoms with Crippen LogP contribution in [0.15, 0.2) is 47.3 Å². The monoisotopic (exact) mass is 382 g/mol. The Kier molecular flexibility index (Phi) is 5.49. The minimum atomic E-state index is -0.456. The first-order chi connectivity index (χ1) is 13.4. The van der Waals surface area contributed by atoms with Crippen LogP contribution in [0.1, 0.15) is 26.4 Å². The Labute approximate surface area is 160 Å². The van der Waals surface area contributed by atoms with Crippen molar-refractivity contribution < 1.29 is 14.0 Å². The van der Waals surface area contributed by atoms with E-state index in [4.69, 9.17) is 0 Å². The smallest absolute Gasteiger partial charge is 0.274 e. The highest BCUT2D eigenvalue weighted by Crippen LogP contribution is 2.12. The molecule has 0 radical (unpaired) electrons. The predicted molar refractivity (Wildman–Crippen MR) is 103 cm³/mol. The second-order valence-corrected chi connectivity index (χ2v) is 6.30. The van der Waals surface area contributed by atoms with E-state index < -0.39 is 17.6 Å². The summed E-state index contributed by atoms with van der Waals surface area (Å²) in [6.45, 7) is 1.92. The number of carbonyl (C=O) groups is 2. The van der Waals surface area contributed by atoms with E-state index in [-0.39, 0.29) is 29.9 Å². The zero-order valence-corrected chi connectivity index (χ0v) is 15.5. The predicted octanol–water partition coefficient (Wildman–Crippen LogP) is 1.54. The Morgan fingerprint density at radius 2 is 1.68 bits per heavy atom. The fourth-order valence-corrected chi connectivity index (χ4v) is 2.74. The van der Waals surface area contributed by atoms with Gasteiger partial charge in [-0.2, -0.15) is 5.10 Å². The lowest BCUT2D eigenvalue weighted by atomic mass is 10.1.